The van der Waals surface area contributed by atoms with Gasteiger partial charge in [0.15, 0.2) is 0 Å². The topological polar surface area (TPSA) is 17.1 Å². The predicted molar refractivity (Wildman–Crippen MR) is 125 cm³/mol. The Kier molecular flexibility index (Phi) is 3.93. The smallest absolute Gasteiger partial charge is 0.0862 e. The van der Waals surface area contributed by atoms with Crippen molar-refractivity contribution < 1.29 is 4.21 Å². The normalized spacial score (nSPS) is 14.5. The van der Waals surface area contributed by atoms with Crippen LogP contribution in [0.3, 0.4) is 0 Å². The van der Waals surface area contributed by atoms with Gasteiger partial charge in [0, 0.05) is 5.39 Å². The molecule has 0 radical (unpaired) electrons. The van der Waals surface area contributed by atoms with E-state index in [4.69, 9.17) is 0 Å². The van der Waals surface area contributed by atoms with Gasteiger partial charge in [0.05, 0.1) is 20.6 Å². The van der Waals surface area contributed by atoms with Crippen molar-refractivity contribution in [1.82, 2.24) is 0 Å². The van der Waals surface area contributed by atoms with E-state index in [0.29, 0.717) is 0 Å². The first kappa shape index (κ1) is 17.4. The van der Waals surface area contributed by atoms with E-state index >= 15 is 0 Å². The third-order valence-corrected chi connectivity index (χ3v) is 7.34. The SMILES string of the molecule is O=S1c2cc(-c3ccccc3)ccc2-c2ccc(-c3ccccc3)c3cccc1c23. The molecule has 30 heavy (non-hydrogen) atoms. The molecule has 0 N–H and O–H groups in total. The molecule has 0 fully saturated rings. The van der Waals surface area contributed by atoms with Crippen molar-refractivity contribution in [2.45, 2.75) is 9.79 Å². The Morgan fingerprint density at radius 3 is 1.90 bits per heavy atom. The maximum Gasteiger partial charge on any atom is 0.0862 e. The van der Waals surface area contributed by atoms with Crippen molar-refractivity contribution in [3.05, 3.63) is 109 Å². The highest BCUT2D eigenvalue weighted by Crippen LogP contribution is 2.45. The van der Waals surface area contributed by atoms with Gasteiger partial charge in [-0.25, -0.2) is 4.21 Å². The van der Waals surface area contributed by atoms with Crippen LogP contribution in [-0.2, 0) is 10.8 Å². The minimum Gasteiger partial charge on any atom is -0.249 e. The van der Waals surface area contributed by atoms with E-state index in [1.807, 2.05) is 36.4 Å². The molecule has 5 aromatic carbocycles. The van der Waals surface area contributed by atoms with Crippen LogP contribution in [-0.4, -0.2) is 4.21 Å². The highest BCUT2D eigenvalue weighted by atomic mass is 32.2. The lowest BCUT2D eigenvalue weighted by Gasteiger charge is -2.22. The number of hydrogen-bond acceptors (Lipinski definition) is 1. The van der Waals surface area contributed by atoms with Crippen LogP contribution in [0.1, 0.15) is 0 Å². The summed E-state index contributed by atoms with van der Waals surface area (Å²) in [5, 5.41) is 2.26. The highest BCUT2D eigenvalue weighted by molar-refractivity contribution is 7.85. The van der Waals surface area contributed by atoms with Crippen LogP contribution in [0.5, 0.6) is 0 Å². The minimum absolute atomic E-state index is 0.892. The van der Waals surface area contributed by atoms with Gasteiger partial charge in [-0.05, 0) is 50.9 Å². The first-order chi connectivity index (χ1) is 14.8. The zero-order chi connectivity index (χ0) is 20.1. The Morgan fingerprint density at radius 1 is 0.467 bits per heavy atom. The Morgan fingerprint density at radius 2 is 1.13 bits per heavy atom. The first-order valence-corrected chi connectivity index (χ1v) is 11.2. The number of benzene rings is 5. The van der Waals surface area contributed by atoms with Crippen molar-refractivity contribution in [2.24, 2.45) is 0 Å². The fraction of sp³-hybridized carbons (Fsp3) is 0. The maximum absolute atomic E-state index is 13.6. The summed E-state index contributed by atoms with van der Waals surface area (Å²) < 4.78 is 13.6. The van der Waals surface area contributed by atoms with Crippen LogP contribution in [0.2, 0.25) is 0 Å². The number of rotatable bonds is 2. The predicted octanol–water partition coefficient (Wildman–Crippen LogP) is 7.32. The molecule has 0 bridgehead atoms. The molecule has 5 aromatic rings. The van der Waals surface area contributed by atoms with E-state index in [9.17, 15) is 4.21 Å². The van der Waals surface area contributed by atoms with Crippen LogP contribution in [0.15, 0.2) is 119 Å². The van der Waals surface area contributed by atoms with Gasteiger partial charge in [-0.3, -0.25) is 0 Å². The summed E-state index contributed by atoms with van der Waals surface area (Å²) in [5.74, 6) is 0. The van der Waals surface area contributed by atoms with E-state index in [1.54, 1.807) is 0 Å². The molecule has 0 aromatic heterocycles. The second-order valence-corrected chi connectivity index (χ2v) is 8.97. The zero-order valence-corrected chi connectivity index (χ0v) is 17.0. The first-order valence-electron chi connectivity index (χ1n) is 10.0. The lowest BCUT2D eigenvalue weighted by atomic mass is 9.91. The number of hydrogen-bond donors (Lipinski definition) is 0. The summed E-state index contributed by atoms with van der Waals surface area (Å²) >= 11 is 0. The summed E-state index contributed by atoms with van der Waals surface area (Å²) in [4.78, 5) is 1.79. The molecular weight excluding hydrogens is 384 g/mol. The fourth-order valence-electron chi connectivity index (χ4n) is 4.45. The van der Waals surface area contributed by atoms with Gasteiger partial charge in [0.2, 0.25) is 0 Å². The van der Waals surface area contributed by atoms with Crippen molar-refractivity contribution >= 4 is 21.6 Å². The van der Waals surface area contributed by atoms with Gasteiger partial charge in [0.1, 0.15) is 0 Å². The van der Waals surface area contributed by atoms with Crippen LogP contribution >= 0.6 is 0 Å². The molecule has 1 heterocycles. The molecule has 0 aliphatic carbocycles. The van der Waals surface area contributed by atoms with Crippen LogP contribution in [0, 0.1) is 0 Å². The molecule has 1 unspecified atom stereocenters. The van der Waals surface area contributed by atoms with Crippen LogP contribution in [0.4, 0.5) is 0 Å². The van der Waals surface area contributed by atoms with Crippen molar-refractivity contribution in [3.63, 3.8) is 0 Å². The van der Waals surface area contributed by atoms with Gasteiger partial charge in [-0.1, -0.05) is 97.1 Å². The van der Waals surface area contributed by atoms with Crippen molar-refractivity contribution in [3.8, 4) is 33.4 Å². The molecule has 1 atom stereocenters. The molecule has 0 spiro atoms. The van der Waals surface area contributed by atoms with E-state index in [2.05, 4.69) is 72.8 Å². The Balaban J connectivity index is 1.62. The van der Waals surface area contributed by atoms with Gasteiger partial charge in [-0.15, -0.1) is 0 Å². The standard InChI is InChI=1S/C28H18OS/c29-30-26-13-7-12-24-22(20-10-5-2-6-11-20)16-17-25(28(24)26)23-15-14-21(18-27(23)30)19-8-3-1-4-9-19/h1-18H. The molecule has 1 aliphatic heterocycles. The van der Waals surface area contributed by atoms with E-state index in [1.165, 1.54) is 11.1 Å². The average Bonchev–Trinajstić information content (AvgIpc) is 2.83. The Bertz CT molecular complexity index is 1440. The van der Waals surface area contributed by atoms with Crippen LogP contribution in [0.25, 0.3) is 44.2 Å². The lowest BCUT2D eigenvalue weighted by molar-refractivity contribution is 0.683. The van der Waals surface area contributed by atoms with E-state index in [-0.39, 0.29) is 0 Å². The molecule has 0 saturated carbocycles. The lowest BCUT2D eigenvalue weighted by Crippen LogP contribution is -2.04. The highest BCUT2D eigenvalue weighted by Gasteiger charge is 2.25. The summed E-state index contributed by atoms with van der Waals surface area (Å²) in [6.45, 7) is 0. The maximum atomic E-state index is 13.6. The second-order valence-electron chi connectivity index (χ2n) is 7.55. The average molecular weight is 403 g/mol. The monoisotopic (exact) mass is 402 g/mol. The van der Waals surface area contributed by atoms with E-state index < -0.39 is 10.8 Å². The third kappa shape index (κ3) is 2.58. The van der Waals surface area contributed by atoms with Crippen LogP contribution < -0.4 is 0 Å². The molecular formula is C28H18OS. The van der Waals surface area contributed by atoms with E-state index in [0.717, 1.165) is 42.8 Å². The third-order valence-electron chi connectivity index (χ3n) is 5.87. The second kappa shape index (κ2) is 6.79. The summed E-state index contributed by atoms with van der Waals surface area (Å²) in [6, 6.07) is 37.6. The van der Waals surface area contributed by atoms with Gasteiger partial charge in [-0.2, -0.15) is 0 Å². The molecule has 1 nitrogen and oxygen atoms in total. The molecule has 0 amide bonds. The van der Waals surface area contributed by atoms with Gasteiger partial charge in [0.25, 0.3) is 0 Å². The largest absolute Gasteiger partial charge is 0.249 e. The Labute approximate surface area is 178 Å². The fourth-order valence-corrected chi connectivity index (χ4v) is 5.90. The summed E-state index contributed by atoms with van der Waals surface area (Å²) in [7, 11) is -1.21. The Hall–Kier alpha value is -3.49. The minimum atomic E-state index is -1.21. The molecule has 1 aliphatic rings. The molecule has 2 heteroatoms. The molecule has 6 rings (SSSR count). The summed E-state index contributed by atoms with van der Waals surface area (Å²) in [5.41, 5.74) is 6.82. The van der Waals surface area contributed by atoms with Gasteiger partial charge < -0.3 is 0 Å². The van der Waals surface area contributed by atoms with Crippen molar-refractivity contribution in [2.75, 3.05) is 0 Å². The zero-order valence-electron chi connectivity index (χ0n) is 16.2. The molecule has 0 saturated heterocycles. The number of fused-ring (bicyclic) bond motifs is 2. The molecule has 142 valence electrons. The van der Waals surface area contributed by atoms with Gasteiger partial charge >= 0.3 is 0 Å². The summed E-state index contributed by atoms with van der Waals surface area (Å²) in [6.07, 6.45) is 0. The van der Waals surface area contributed by atoms with Crippen molar-refractivity contribution in [1.29, 1.82) is 0 Å². The quantitative estimate of drug-likeness (QED) is 0.296.